The molecule has 5 rings (SSSR count). The van der Waals surface area contributed by atoms with Crippen LogP contribution in [0.3, 0.4) is 0 Å². The molecule has 1 aliphatic rings. The van der Waals surface area contributed by atoms with Gasteiger partial charge < -0.3 is 20.7 Å². The van der Waals surface area contributed by atoms with Gasteiger partial charge in [0.25, 0.3) is 0 Å². The van der Waals surface area contributed by atoms with Crippen molar-refractivity contribution < 1.29 is 9.53 Å². The lowest BCUT2D eigenvalue weighted by molar-refractivity contribution is 0.0473. The zero-order chi connectivity index (χ0) is 24.7. The Hall–Kier alpha value is -4.51. The second-order valence-corrected chi connectivity index (χ2v) is 8.30. The molecule has 4 aromatic heterocycles. The minimum Gasteiger partial charge on any atom is -0.460 e. The SMILES string of the molecule is Cc1cccc(-c2nccc(Nc3ccnc(Nc4cncc(C(=O)OC[C@H]5CCCN5)c4)n3)n2)n1. The van der Waals surface area contributed by atoms with Crippen molar-refractivity contribution in [2.45, 2.75) is 25.8 Å². The van der Waals surface area contributed by atoms with E-state index in [1.54, 1.807) is 36.8 Å². The highest BCUT2D eigenvalue weighted by Gasteiger charge is 2.17. The zero-order valence-electron chi connectivity index (χ0n) is 19.7. The average Bonchev–Trinajstić information content (AvgIpc) is 3.42. The molecule has 0 radical (unpaired) electrons. The van der Waals surface area contributed by atoms with Crippen LogP contribution in [0.5, 0.6) is 0 Å². The Bertz CT molecular complexity index is 1360. The van der Waals surface area contributed by atoms with Gasteiger partial charge in [0, 0.05) is 30.3 Å². The fourth-order valence-electron chi connectivity index (χ4n) is 3.75. The van der Waals surface area contributed by atoms with E-state index in [4.69, 9.17) is 4.74 Å². The van der Waals surface area contributed by atoms with Crippen LogP contribution in [0.2, 0.25) is 0 Å². The molecule has 0 aliphatic carbocycles. The summed E-state index contributed by atoms with van der Waals surface area (Å²) in [6.07, 6.45) is 8.44. The van der Waals surface area contributed by atoms with Crippen LogP contribution in [0.15, 0.2) is 61.2 Å². The molecule has 4 aromatic rings. The number of nitrogens with zero attached hydrogens (tertiary/aromatic N) is 6. The van der Waals surface area contributed by atoms with Crippen molar-refractivity contribution in [1.82, 2.24) is 35.2 Å². The van der Waals surface area contributed by atoms with E-state index >= 15 is 0 Å². The first kappa shape index (κ1) is 23.2. The van der Waals surface area contributed by atoms with Gasteiger partial charge in [0.1, 0.15) is 23.9 Å². The summed E-state index contributed by atoms with van der Waals surface area (Å²) in [6.45, 7) is 3.22. The highest BCUT2D eigenvalue weighted by Crippen LogP contribution is 2.19. The van der Waals surface area contributed by atoms with Crippen LogP contribution >= 0.6 is 0 Å². The molecular weight excluding hydrogens is 458 g/mol. The van der Waals surface area contributed by atoms with E-state index in [0.717, 1.165) is 25.1 Å². The number of aromatic nitrogens is 6. The van der Waals surface area contributed by atoms with Crippen LogP contribution in [0.1, 0.15) is 28.9 Å². The number of anilines is 4. The van der Waals surface area contributed by atoms with E-state index in [2.05, 4.69) is 45.9 Å². The fourth-order valence-corrected chi connectivity index (χ4v) is 3.75. The smallest absolute Gasteiger partial charge is 0.339 e. The van der Waals surface area contributed by atoms with Crippen LogP contribution in [0, 0.1) is 6.92 Å². The number of ether oxygens (including phenoxy) is 1. The van der Waals surface area contributed by atoms with Crippen molar-refractivity contribution in [3.05, 3.63) is 72.4 Å². The standard InChI is InChI=1S/C25H25N9O2/c1-16-4-2-6-20(30-16)23-28-10-7-21(33-23)32-22-8-11-29-25(34-22)31-19-12-17(13-26-14-19)24(35)36-15-18-5-3-9-27-18/h2,4,6-8,10-14,18,27H,3,5,9,15H2,1H3,(H2,28,29,31,32,33,34)/t18-/m1/s1. The normalized spacial score (nSPS) is 14.9. The third-order valence-electron chi connectivity index (χ3n) is 5.49. The number of carbonyl (C=O) groups is 1. The molecule has 11 heteroatoms. The second kappa shape index (κ2) is 10.8. The van der Waals surface area contributed by atoms with Crippen molar-refractivity contribution in [2.24, 2.45) is 0 Å². The van der Waals surface area contributed by atoms with Crippen LogP contribution in [-0.4, -0.2) is 55.1 Å². The first-order valence-corrected chi connectivity index (χ1v) is 11.6. The van der Waals surface area contributed by atoms with E-state index in [1.807, 2.05) is 25.1 Å². The van der Waals surface area contributed by atoms with Gasteiger partial charge in [-0.25, -0.2) is 24.7 Å². The molecule has 0 amide bonds. The van der Waals surface area contributed by atoms with Gasteiger partial charge in [-0.2, -0.15) is 4.98 Å². The quantitative estimate of drug-likeness (QED) is 0.318. The van der Waals surface area contributed by atoms with Gasteiger partial charge in [0.15, 0.2) is 5.82 Å². The fraction of sp³-hybridized carbons (Fsp3) is 0.240. The van der Waals surface area contributed by atoms with Crippen molar-refractivity contribution >= 4 is 29.2 Å². The maximum absolute atomic E-state index is 12.4. The van der Waals surface area contributed by atoms with Crippen molar-refractivity contribution in [1.29, 1.82) is 0 Å². The van der Waals surface area contributed by atoms with E-state index in [1.165, 1.54) is 6.20 Å². The van der Waals surface area contributed by atoms with E-state index in [-0.39, 0.29) is 6.04 Å². The number of pyridine rings is 2. The monoisotopic (exact) mass is 483 g/mol. The van der Waals surface area contributed by atoms with E-state index in [9.17, 15) is 4.79 Å². The molecule has 1 fully saturated rings. The predicted molar refractivity (Wildman–Crippen MR) is 134 cm³/mol. The first-order chi connectivity index (χ1) is 17.6. The zero-order valence-corrected chi connectivity index (χ0v) is 19.7. The van der Waals surface area contributed by atoms with Gasteiger partial charge >= 0.3 is 5.97 Å². The number of carbonyl (C=O) groups excluding carboxylic acids is 1. The highest BCUT2D eigenvalue weighted by molar-refractivity contribution is 5.90. The molecule has 3 N–H and O–H groups in total. The van der Waals surface area contributed by atoms with Crippen molar-refractivity contribution in [3.8, 4) is 11.5 Å². The molecule has 0 aromatic carbocycles. The van der Waals surface area contributed by atoms with Gasteiger partial charge in [-0.15, -0.1) is 0 Å². The molecule has 1 atom stereocenters. The number of rotatable bonds is 8. The number of aryl methyl sites for hydroxylation is 1. The van der Waals surface area contributed by atoms with Crippen molar-refractivity contribution in [3.63, 3.8) is 0 Å². The van der Waals surface area contributed by atoms with Gasteiger partial charge in [-0.1, -0.05) is 6.07 Å². The molecule has 0 saturated carbocycles. The molecule has 11 nitrogen and oxygen atoms in total. The number of esters is 1. The molecule has 182 valence electrons. The van der Waals surface area contributed by atoms with E-state index in [0.29, 0.717) is 47.0 Å². The average molecular weight is 484 g/mol. The Morgan fingerprint density at radius 2 is 1.92 bits per heavy atom. The lowest BCUT2D eigenvalue weighted by Crippen LogP contribution is -2.28. The topological polar surface area (TPSA) is 140 Å². The maximum atomic E-state index is 12.4. The van der Waals surface area contributed by atoms with Crippen LogP contribution in [0.25, 0.3) is 11.5 Å². The first-order valence-electron chi connectivity index (χ1n) is 11.6. The number of nitrogens with one attached hydrogen (secondary N) is 3. The summed E-state index contributed by atoms with van der Waals surface area (Å²) >= 11 is 0. The van der Waals surface area contributed by atoms with Gasteiger partial charge in [0.05, 0.1) is 17.4 Å². The Labute approximate surface area is 207 Å². The van der Waals surface area contributed by atoms with E-state index < -0.39 is 5.97 Å². The summed E-state index contributed by atoms with van der Waals surface area (Å²) in [5.41, 5.74) is 2.49. The van der Waals surface area contributed by atoms with Gasteiger partial charge in [-0.3, -0.25) is 4.98 Å². The summed E-state index contributed by atoms with van der Waals surface area (Å²) in [7, 11) is 0. The molecule has 0 bridgehead atoms. The highest BCUT2D eigenvalue weighted by atomic mass is 16.5. The second-order valence-electron chi connectivity index (χ2n) is 8.30. The summed E-state index contributed by atoms with van der Waals surface area (Å²) in [5.74, 6) is 1.52. The summed E-state index contributed by atoms with van der Waals surface area (Å²) in [6, 6.07) is 11.0. The molecule has 0 unspecified atom stereocenters. The van der Waals surface area contributed by atoms with Gasteiger partial charge in [-0.05, 0) is 56.6 Å². The molecule has 1 aliphatic heterocycles. The lowest BCUT2D eigenvalue weighted by atomic mass is 10.2. The van der Waals surface area contributed by atoms with Gasteiger partial charge in [0.2, 0.25) is 5.95 Å². The molecule has 5 heterocycles. The van der Waals surface area contributed by atoms with Crippen LogP contribution in [0.4, 0.5) is 23.3 Å². The predicted octanol–water partition coefficient (Wildman–Crippen LogP) is 3.43. The lowest BCUT2D eigenvalue weighted by Gasteiger charge is -2.11. The Kier molecular flexibility index (Phi) is 6.99. The molecule has 36 heavy (non-hydrogen) atoms. The summed E-state index contributed by atoms with van der Waals surface area (Å²) in [5, 5.41) is 9.55. The minimum absolute atomic E-state index is 0.214. The molecule has 1 saturated heterocycles. The number of hydrogen-bond acceptors (Lipinski definition) is 11. The third-order valence-corrected chi connectivity index (χ3v) is 5.49. The number of hydrogen-bond donors (Lipinski definition) is 3. The Morgan fingerprint density at radius 1 is 1.06 bits per heavy atom. The Balaban J connectivity index is 1.25. The van der Waals surface area contributed by atoms with Crippen LogP contribution in [-0.2, 0) is 4.74 Å². The third kappa shape index (κ3) is 5.94. The summed E-state index contributed by atoms with van der Waals surface area (Å²) < 4.78 is 5.42. The largest absolute Gasteiger partial charge is 0.460 e. The molecule has 0 spiro atoms. The Morgan fingerprint density at radius 3 is 2.75 bits per heavy atom. The molecular formula is C25H25N9O2. The van der Waals surface area contributed by atoms with Crippen LogP contribution < -0.4 is 16.0 Å². The maximum Gasteiger partial charge on any atom is 0.339 e. The minimum atomic E-state index is -0.418. The van der Waals surface area contributed by atoms with Crippen molar-refractivity contribution in [2.75, 3.05) is 23.8 Å². The summed E-state index contributed by atoms with van der Waals surface area (Å²) in [4.78, 5) is 38.6.